The number of amides is 1. The smallest absolute Gasteiger partial charge is 0.261 e. The van der Waals surface area contributed by atoms with Gasteiger partial charge in [-0.25, -0.2) is 0 Å². The van der Waals surface area contributed by atoms with E-state index in [9.17, 15) is 4.79 Å². The van der Waals surface area contributed by atoms with E-state index in [0.717, 1.165) is 12.0 Å². The lowest BCUT2D eigenvalue weighted by Crippen LogP contribution is -2.36. The van der Waals surface area contributed by atoms with Crippen molar-refractivity contribution in [1.29, 1.82) is 0 Å². The number of carbonyl (C=O) groups excluding carboxylic acids is 1. The van der Waals surface area contributed by atoms with Gasteiger partial charge in [-0.05, 0) is 19.4 Å². The molecule has 1 amide bonds. The third-order valence-corrected chi connectivity index (χ3v) is 2.77. The predicted octanol–water partition coefficient (Wildman–Crippen LogP) is 1.45. The number of nitrogens with two attached hydrogens (primary N) is 1. The predicted molar refractivity (Wildman–Crippen MR) is 82.1 cm³/mol. The molecule has 1 aromatic carbocycles. The summed E-state index contributed by atoms with van der Waals surface area (Å²) in [6.07, 6.45) is 5.36. The molecule has 21 heavy (non-hydrogen) atoms. The lowest BCUT2D eigenvalue weighted by Gasteiger charge is -2.17. The summed E-state index contributed by atoms with van der Waals surface area (Å²) in [4.78, 5) is 11.8. The lowest BCUT2D eigenvalue weighted by atomic mass is 10.2. The Morgan fingerprint density at radius 1 is 1.52 bits per heavy atom. The van der Waals surface area contributed by atoms with Crippen molar-refractivity contribution in [3.05, 3.63) is 23.8 Å². The van der Waals surface area contributed by atoms with Gasteiger partial charge in [-0.15, -0.1) is 6.42 Å². The summed E-state index contributed by atoms with van der Waals surface area (Å²) in [6, 6.07) is 5.43. The van der Waals surface area contributed by atoms with Gasteiger partial charge >= 0.3 is 0 Å². The van der Waals surface area contributed by atoms with Gasteiger partial charge in [0.05, 0.1) is 13.2 Å². The van der Waals surface area contributed by atoms with Crippen LogP contribution in [-0.4, -0.2) is 25.2 Å². The highest BCUT2D eigenvalue weighted by Gasteiger charge is 2.16. The second kappa shape index (κ2) is 8.88. The topological polar surface area (TPSA) is 73.6 Å². The van der Waals surface area contributed by atoms with Gasteiger partial charge in [-0.1, -0.05) is 18.9 Å². The van der Waals surface area contributed by atoms with Gasteiger partial charge in [0, 0.05) is 18.2 Å². The second-order valence-electron chi connectivity index (χ2n) is 4.50. The summed E-state index contributed by atoms with van der Waals surface area (Å²) >= 11 is 0. The molecule has 0 radical (unpaired) electrons. The van der Waals surface area contributed by atoms with Gasteiger partial charge in [-0.3, -0.25) is 4.79 Å². The monoisotopic (exact) mass is 290 g/mol. The van der Waals surface area contributed by atoms with Crippen LogP contribution in [0.2, 0.25) is 0 Å². The van der Waals surface area contributed by atoms with Crippen LogP contribution in [0.4, 0.5) is 0 Å². The molecule has 0 saturated carbocycles. The number of rotatable bonds is 8. The lowest BCUT2D eigenvalue weighted by molar-refractivity contribution is -0.127. The Kier molecular flexibility index (Phi) is 7.13. The zero-order valence-electron chi connectivity index (χ0n) is 12.5. The van der Waals surface area contributed by atoms with E-state index in [4.69, 9.17) is 21.6 Å². The number of ether oxygens (including phenoxy) is 2. The molecule has 5 heteroatoms. The molecule has 0 saturated heterocycles. The second-order valence-corrected chi connectivity index (χ2v) is 4.50. The van der Waals surface area contributed by atoms with Gasteiger partial charge in [-0.2, -0.15) is 0 Å². The van der Waals surface area contributed by atoms with Crippen LogP contribution in [0.25, 0.3) is 0 Å². The average molecular weight is 290 g/mol. The van der Waals surface area contributed by atoms with Crippen molar-refractivity contribution in [1.82, 2.24) is 5.32 Å². The third-order valence-electron chi connectivity index (χ3n) is 2.77. The SMILES string of the molecule is C#CCNC(=O)C(C)Oc1cc(OCCC)ccc1CN. The van der Waals surface area contributed by atoms with Crippen molar-refractivity contribution < 1.29 is 14.3 Å². The number of carbonyl (C=O) groups is 1. The number of nitrogens with one attached hydrogen (secondary N) is 1. The molecule has 0 aliphatic carbocycles. The molecule has 114 valence electrons. The first-order valence-corrected chi connectivity index (χ1v) is 6.96. The van der Waals surface area contributed by atoms with Crippen LogP contribution in [0.5, 0.6) is 11.5 Å². The zero-order chi connectivity index (χ0) is 15.7. The van der Waals surface area contributed by atoms with E-state index in [0.29, 0.717) is 24.7 Å². The first kappa shape index (κ1) is 16.9. The largest absolute Gasteiger partial charge is 0.493 e. The fourth-order valence-corrected chi connectivity index (χ4v) is 1.65. The Bertz CT molecular complexity index is 509. The summed E-state index contributed by atoms with van der Waals surface area (Å²) in [5.41, 5.74) is 6.50. The molecular weight excluding hydrogens is 268 g/mol. The van der Waals surface area contributed by atoms with E-state index in [2.05, 4.69) is 11.2 Å². The standard InChI is InChI=1S/C16H22N2O3/c1-4-8-18-16(19)12(3)21-15-10-14(20-9-5-2)7-6-13(15)11-17/h1,6-7,10,12H,5,8-9,11,17H2,2-3H3,(H,18,19). The minimum absolute atomic E-state index is 0.177. The van der Waals surface area contributed by atoms with E-state index >= 15 is 0 Å². The minimum atomic E-state index is -0.662. The maximum absolute atomic E-state index is 11.8. The highest BCUT2D eigenvalue weighted by molar-refractivity contribution is 5.81. The normalized spacial score (nSPS) is 11.3. The molecule has 1 atom stereocenters. The van der Waals surface area contributed by atoms with Crippen molar-refractivity contribution in [2.45, 2.75) is 32.9 Å². The molecular formula is C16H22N2O3. The summed E-state index contributed by atoms with van der Waals surface area (Å²) in [5, 5.41) is 2.58. The van der Waals surface area contributed by atoms with Gasteiger partial charge in [0.15, 0.2) is 6.10 Å². The van der Waals surface area contributed by atoms with E-state index in [1.807, 2.05) is 19.1 Å². The first-order valence-electron chi connectivity index (χ1n) is 6.96. The van der Waals surface area contributed by atoms with E-state index < -0.39 is 6.10 Å². The van der Waals surface area contributed by atoms with Crippen LogP contribution in [0.3, 0.4) is 0 Å². The Labute approximate surface area is 125 Å². The molecule has 1 rings (SSSR count). The molecule has 5 nitrogen and oxygen atoms in total. The number of terminal acetylenes is 1. The number of hydrogen-bond donors (Lipinski definition) is 2. The van der Waals surface area contributed by atoms with E-state index in [-0.39, 0.29) is 12.5 Å². The molecule has 1 aromatic rings. The molecule has 0 aliphatic rings. The molecule has 0 heterocycles. The zero-order valence-corrected chi connectivity index (χ0v) is 12.5. The molecule has 1 unspecified atom stereocenters. The summed E-state index contributed by atoms with van der Waals surface area (Å²) < 4.78 is 11.2. The summed E-state index contributed by atoms with van der Waals surface area (Å²) in [7, 11) is 0. The average Bonchev–Trinajstić information content (AvgIpc) is 2.50. The van der Waals surface area contributed by atoms with Crippen LogP contribution in [0, 0.1) is 12.3 Å². The quantitative estimate of drug-likeness (QED) is 0.711. The maximum atomic E-state index is 11.8. The van der Waals surface area contributed by atoms with Crippen LogP contribution >= 0.6 is 0 Å². The first-order chi connectivity index (χ1) is 10.1. The Balaban J connectivity index is 2.79. The van der Waals surface area contributed by atoms with Crippen molar-refractivity contribution >= 4 is 5.91 Å². The molecule has 0 bridgehead atoms. The van der Waals surface area contributed by atoms with Crippen molar-refractivity contribution in [2.75, 3.05) is 13.2 Å². The molecule has 0 spiro atoms. The van der Waals surface area contributed by atoms with Gasteiger partial charge in [0.1, 0.15) is 11.5 Å². The Morgan fingerprint density at radius 3 is 2.90 bits per heavy atom. The van der Waals surface area contributed by atoms with E-state index in [1.165, 1.54) is 0 Å². The van der Waals surface area contributed by atoms with E-state index in [1.54, 1.807) is 13.0 Å². The minimum Gasteiger partial charge on any atom is -0.493 e. The van der Waals surface area contributed by atoms with Gasteiger partial charge in [0.25, 0.3) is 5.91 Å². The summed E-state index contributed by atoms with van der Waals surface area (Å²) in [6.45, 7) is 4.81. The highest BCUT2D eigenvalue weighted by Crippen LogP contribution is 2.26. The van der Waals surface area contributed by atoms with Crippen molar-refractivity contribution in [3.8, 4) is 23.8 Å². The summed E-state index contributed by atoms with van der Waals surface area (Å²) in [5.74, 6) is 3.32. The molecule has 3 N–H and O–H groups in total. The van der Waals surface area contributed by atoms with Gasteiger partial charge < -0.3 is 20.5 Å². The number of hydrogen-bond acceptors (Lipinski definition) is 4. The van der Waals surface area contributed by atoms with Crippen LogP contribution in [0.15, 0.2) is 18.2 Å². The van der Waals surface area contributed by atoms with Crippen molar-refractivity contribution in [3.63, 3.8) is 0 Å². The molecule has 0 aromatic heterocycles. The molecule has 0 fully saturated rings. The fourth-order valence-electron chi connectivity index (χ4n) is 1.65. The van der Waals surface area contributed by atoms with Crippen LogP contribution < -0.4 is 20.5 Å². The Morgan fingerprint density at radius 2 is 2.29 bits per heavy atom. The van der Waals surface area contributed by atoms with Crippen LogP contribution in [0.1, 0.15) is 25.8 Å². The van der Waals surface area contributed by atoms with Crippen LogP contribution in [-0.2, 0) is 11.3 Å². The maximum Gasteiger partial charge on any atom is 0.261 e. The highest BCUT2D eigenvalue weighted by atomic mass is 16.5. The molecule has 0 aliphatic heterocycles. The van der Waals surface area contributed by atoms with Crippen molar-refractivity contribution in [2.24, 2.45) is 5.73 Å². The Hall–Kier alpha value is -2.19. The van der Waals surface area contributed by atoms with Gasteiger partial charge in [0.2, 0.25) is 0 Å². The third kappa shape index (κ3) is 5.36. The number of benzene rings is 1. The fraction of sp³-hybridized carbons (Fsp3) is 0.438.